The standard InChI is InChI=1S/C15H18N2O3/c1-2-3-9-12-14(15(19)16-12)17-13(18)10-20-11-7-5-4-6-8-11/h3-9,12,14H,2,10H2,1H3,(H,16,19)(H,17,18)/b9-3+/t12-,14-/m0/s1. The fourth-order valence-corrected chi connectivity index (χ4v) is 1.88. The highest BCUT2D eigenvalue weighted by molar-refractivity contribution is 5.94. The second-order valence-electron chi connectivity index (χ2n) is 4.52. The van der Waals surface area contributed by atoms with Crippen LogP contribution in [0, 0.1) is 0 Å². The molecule has 1 fully saturated rings. The molecule has 0 aliphatic carbocycles. The van der Waals surface area contributed by atoms with Crippen molar-refractivity contribution in [2.24, 2.45) is 0 Å². The van der Waals surface area contributed by atoms with Crippen molar-refractivity contribution in [1.29, 1.82) is 0 Å². The van der Waals surface area contributed by atoms with Crippen molar-refractivity contribution in [2.45, 2.75) is 25.4 Å². The summed E-state index contributed by atoms with van der Waals surface area (Å²) in [7, 11) is 0. The lowest BCUT2D eigenvalue weighted by Crippen LogP contribution is -2.68. The van der Waals surface area contributed by atoms with Crippen LogP contribution in [-0.2, 0) is 9.59 Å². The van der Waals surface area contributed by atoms with Crippen molar-refractivity contribution in [3.05, 3.63) is 42.5 Å². The minimum atomic E-state index is -0.496. The number of β-lactam (4-membered cyclic amide) rings is 1. The highest BCUT2D eigenvalue weighted by Crippen LogP contribution is 2.10. The molecule has 0 saturated carbocycles. The Morgan fingerprint density at radius 3 is 2.80 bits per heavy atom. The minimum Gasteiger partial charge on any atom is -0.484 e. The third kappa shape index (κ3) is 3.60. The molecule has 1 aliphatic rings. The van der Waals surface area contributed by atoms with E-state index < -0.39 is 6.04 Å². The molecule has 20 heavy (non-hydrogen) atoms. The van der Waals surface area contributed by atoms with Crippen LogP contribution in [0.25, 0.3) is 0 Å². The van der Waals surface area contributed by atoms with Gasteiger partial charge in [0, 0.05) is 0 Å². The average molecular weight is 274 g/mol. The van der Waals surface area contributed by atoms with E-state index in [1.165, 1.54) is 0 Å². The van der Waals surface area contributed by atoms with E-state index >= 15 is 0 Å². The lowest BCUT2D eigenvalue weighted by molar-refractivity contribution is -0.135. The van der Waals surface area contributed by atoms with E-state index in [1.807, 2.05) is 37.3 Å². The fourth-order valence-electron chi connectivity index (χ4n) is 1.88. The first kappa shape index (κ1) is 14.1. The zero-order valence-corrected chi connectivity index (χ0v) is 11.3. The predicted octanol–water partition coefficient (Wildman–Crippen LogP) is 1.01. The van der Waals surface area contributed by atoms with Crippen LogP contribution in [0.3, 0.4) is 0 Å². The van der Waals surface area contributed by atoms with E-state index in [0.29, 0.717) is 5.75 Å². The topological polar surface area (TPSA) is 67.4 Å². The molecule has 0 radical (unpaired) electrons. The quantitative estimate of drug-likeness (QED) is 0.601. The third-order valence-corrected chi connectivity index (χ3v) is 2.96. The van der Waals surface area contributed by atoms with Crippen molar-refractivity contribution in [1.82, 2.24) is 10.6 Å². The number of amides is 2. The van der Waals surface area contributed by atoms with Crippen molar-refractivity contribution in [3.8, 4) is 5.75 Å². The van der Waals surface area contributed by atoms with Gasteiger partial charge in [0.2, 0.25) is 5.91 Å². The Balaban J connectivity index is 1.79. The van der Waals surface area contributed by atoms with Gasteiger partial charge in [0.05, 0.1) is 6.04 Å². The van der Waals surface area contributed by atoms with Gasteiger partial charge in [-0.3, -0.25) is 9.59 Å². The first-order chi connectivity index (χ1) is 9.70. The molecule has 2 N–H and O–H groups in total. The van der Waals surface area contributed by atoms with Gasteiger partial charge < -0.3 is 15.4 Å². The largest absolute Gasteiger partial charge is 0.484 e. The summed E-state index contributed by atoms with van der Waals surface area (Å²) in [6.45, 7) is 1.91. The molecule has 1 heterocycles. The number of ether oxygens (including phenoxy) is 1. The number of carbonyl (C=O) groups is 2. The number of para-hydroxylation sites is 1. The first-order valence-electron chi connectivity index (χ1n) is 6.65. The number of allylic oxidation sites excluding steroid dienone is 1. The van der Waals surface area contributed by atoms with Gasteiger partial charge in [0.1, 0.15) is 11.8 Å². The monoisotopic (exact) mass is 274 g/mol. The van der Waals surface area contributed by atoms with Gasteiger partial charge in [-0.1, -0.05) is 37.3 Å². The summed E-state index contributed by atoms with van der Waals surface area (Å²) < 4.78 is 5.33. The van der Waals surface area contributed by atoms with Crippen molar-refractivity contribution < 1.29 is 14.3 Å². The Kier molecular flexibility index (Phi) is 4.76. The van der Waals surface area contributed by atoms with E-state index in [2.05, 4.69) is 10.6 Å². The van der Waals surface area contributed by atoms with Crippen molar-refractivity contribution >= 4 is 11.8 Å². The average Bonchev–Trinajstić information content (AvgIpc) is 2.48. The van der Waals surface area contributed by atoms with Crippen LogP contribution in [-0.4, -0.2) is 30.5 Å². The Morgan fingerprint density at radius 2 is 2.15 bits per heavy atom. The Morgan fingerprint density at radius 1 is 1.40 bits per heavy atom. The summed E-state index contributed by atoms with van der Waals surface area (Å²) in [5.74, 6) is 0.163. The zero-order chi connectivity index (χ0) is 14.4. The predicted molar refractivity (Wildman–Crippen MR) is 75.2 cm³/mol. The third-order valence-electron chi connectivity index (χ3n) is 2.96. The normalized spacial score (nSPS) is 21.1. The Hall–Kier alpha value is -2.30. The second kappa shape index (κ2) is 6.75. The highest BCUT2D eigenvalue weighted by Gasteiger charge is 2.38. The van der Waals surface area contributed by atoms with E-state index in [1.54, 1.807) is 12.1 Å². The van der Waals surface area contributed by atoms with E-state index in [9.17, 15) is 9.59 Å². The summed E-state index contributed by atoms with van der Waals surface area (Å²) in [6.07, 6.45) is 4.75. The molecule has 5 nitrogen and oxygen atoms in total. The molecule has 0 bridgehead atoms. The van der Waals surface area contributed by atoms with Crippen molar-refractivity contribution in [2.75, 3.05) is 6.61 Å². The molecule has 1 aromatic rings. The number of hydrogen-bond donors (Lipinski definition) is 2. The molecule has 1 aromatic carbocycles. The van der Waals surface area contributed by atoms with E-state index in [0.717, 1.165) is 6.42 Å². The molecule has 0 aromatic heterocycles. The zero-order valence-electron chi connectivity index (χ0n) is 11.3. The SMILES string of the molecule is CC/C=C/[C@@H]1NC(=O)[C@H]1NC(=O)COc1ccccc1. The Labute approximate surface area is 118 Å². The Bertz CT molecular complexity index is 499. The maximum Gasteiger partial charge on any atom is 0.258 e. The summed E-state index contributed by atoms with van der Waals surface area (Å²) >= 11 is 0. The van der Waals surface area contributed by atoms with Crippen LogP contribution >= 0.6 is 0 Å². The van der Waals surface area contributed by atoms with Gasteiger partial charge in [0.25, 0.3) is 5.91 Å². The second-order valence-corrected chi connectivity index (χ2v) is 4.52. The molecular formula is C15H18N2O3. The summed E-state index contributed by atoms with van der Waals surface area (Å²) in [4.78, 5) is 23.2. The number of hydrogen-bond acceptors (Lipinski definition) is 3. The van der Waals surface area contributed by atoms with Gasteiger partial charge in [0.15, 0.2) is 6.61 Å². The lowest BCUT2D eigenvalue weighted by Gasteiger charge is -2.35. The summed E-state index contributed by atoms with van der Waals surface area (Å²) in [5.41, 5.74) is 0. The molecule has 2 atom stereocenters. The molecule has 106 valence electrons. The van der Waals surface area contributed by atoms with Crippen LogP contribution in [0.5, 0.6) is 5.75 Å². The highest BCUT2D eigenvalue weighted by atomic mass is 16.5. The molecule has 1 aliphatic heterocycles. The molecule has 0 unspecified atom stereocenters. The van der Waals surface area contributed by atoms with Crippen LogP contribution in [0.1, 0.15) is 13.3 Å². The summed E-state index contributed by atoms with van der Waals surface area (Å²) in [6, 6.07) is 8.46. The summed E-state index contributed by atoms with van der Waals surface area (Å²) in [5, 5.41) is 5.39. The van der Waals surface area contributed by atoms with Crippen LogP contribution in [0.4, 0.5) is 0 Å². The molecule has 1 saturated heterocycles. The van der Waals surface area contributed by atoms with Crippen LogP contribution in [0.2, 0.25) is 0 Å². The molecule has 0 spiro atoms. The lowest BCUT2D eigenvalue weighted by atomic mass is 9.98. The molecule has 2 amide bonds. The maximum absolute atomic E-state index is 11.7. The van der Waals surface area contributed by atoms with Gasteiger partial charge in [-0.05, 0) is 18.6 Å². The van der Waals surface area contributed by atoms with Crippen molar-refractivity contribution in [3.63, 3.8) is 0 Å². The van der Waals surface area contributed by atoms with Gasteiger partial charge in [-0.2, -0.15) is 0 Å². The van der Waals surface area contributed by atoms with Gasteiger partial charge in [-0.25, -0.2) is 0 Å². The minimum absolute atomic E-state index is 0.0992. The molecular weight excluding hydrogens is 256 g/mol. The molecule has 5 heteroatoms. The number of rotatable bonds is 6. The van der Waals surface area contributed by atoms with Gasteiger partial charge in [-0.15, -0.1) is 0 Å². The number of nitrogens with one attached hydrogen (secondary N) is 2. The van der Waals surface area contributed by atoms with Crippen LogP contribution < -0.4 is 15.4 Å². The van der Waals surface area contributed by atoms with Crippen LogP contribution in [0.15, 0.2) is 42.5 Å². The van der Waals surface area contributed by atoms with E-state index in [-0.39, 0.29) is 24.5 Å². The smallest absolute Gasteiger partial charge is 0.258 e. The van der Waals surface area contributed by atoms with Gasteiger partial charge >= 0.3 is 0 Å². The van der Waals surface area contributed by atoms with E-state index in [4.69, 9.17) is 4.74 Å². The molecule has 2 rings (SSSR count). The first-order valence-corrected chi connectivity index (χ1v) is 6.65. The fraction of sp³-hybridized carbons (Fsp3) is 0.333. The number of benzene rings is 1. The number of carbonyl (C=O) groups excluding carboxylic acids is 2. The maximum atomic E-state index is 11.7.